The first-order chi connectivity index (χ1) is 18.8. The van der Waals surface area contributed by atoms with Gasteiger partial charge in [0.1, 0.15) is 5.82 Å². The van der Waals surface area contributed by atoms with Crippen molar-refractivity contribution in [3.8, 4) is 11.8 Å². The number of aromatic amines is 1. The molecule has 3 N–H and O–H groups in total. The average Bonchev–Trinajstić information content (AvgIpc) is 3.61. The normalized spacial score (nSPS) is 20.2. The number of nitrogens with one attached hydrogen (secondary N) is 3. The standard InChI is InChI=1S/C28H33F3N6O2/c29-28(30,31)20-7-3-4-18(14-20)15-25(38)34-22-10-8-21(9-11-22)33-17-24-32-13-12-26(35-24)39-27-16-23(36-37-27)19-5-1-2-6-19/h3-4,7,12-14,16,19,21-22,33H,1-2,5-6,8-11,15,17H2,(H,34,38)(H,36,37). The van der Waals surface area contributed by atoms with E-state index in [0.29, 0.717) is 35.6 Å². The molecule has 11 heteroatoms. The number of hydrogen-bond donors (Lipinski definition) is 3. The Kier molecular flexibility index (Phi) is 8.44. The Labute approximate surface area is 225 Å². The van der Waals surface area contributed by atoms with Gasteiger partial charge in [0.2, 0.25) is 17.7 Å². The quantitative estimate of drug-likeness (QED) is 0.333. The molecule has 1 aromatic carbocycles. The highest BCUT2D eigenvalue weighted by Crippen LogP contribution is 2.34. The van der Waals surface area contributed by atoms with Crippen molar-refractivity contribution in [3.63, 3.8) is 0 Å². The number of ether oxygens (including phenoxy) is 1. The lowest BCUT2D eigenvalue weighted by molar-refractivity contribution is -0.137. The summed E-state index contributed by atoms with van der Waals surface area (Å²) in [5, 5.41) is 13.8. The molecule has 2 aliphatic carbocycles. The van der Waals surface area contributed by atoms with E-state index in [4.69, 9.17) is 4.74 Å². The minimum absolute atomic E-state index is 0.0114. The summed E-state index contributed by atoms with van der Waals surface area (Å²) in [6.45, 7) is 0.488. The molecule has 2 saturated carbocycles. The highest BCUT2D eigenvalue weighted by atomic mass is 19.4. The number of benzene rings is 1. The SMILES string of the molecule is O=C(Cc1cccc(C(F)(F)F)c1)NC1CCC(NCc2nccc(Oc3cc(C4CCCC4)[nH]n3)n2)CC1. The molecule has 3 aromatic rings. The van der Waals surface area contributed by atoms with E-state index in [-0.39, 0.29) is 24.4 Å². The molecule has 8 nitrogen and oxygen atoms in total. The van der Waals surface area contributed by atoms with Gasteiger partial charge in [0.15, 0.2) is 0 Å². The second-order valence-corrected chi connectivity index (χ2v) is 10.4. The van der Waals surface area contributed by atoms with Crippen molar-refractivity contribution in [1.29, 1.82) is 0 Å². The average molecular weight is 543 g/mol. The Balaban J connectivity index is 1.04. The molecule has 2 heterocycles. The second-order valence-electron chi connectivity index (χ2n) is 10.4. The van der Waals surface area contributed by atoms with Gasteiger partial charge >= 0.3 is 6.18 Å². The molecule has 208 valence electrons. The molecule has 1 amide bonds. The van der Waals surface area contributed by atoms with Gasteiger partial charge in [-0.05, 0) is 50.2 Å². The van der Waals surface area contributed by atoms with Crippen molar-refractivity contribution >= 4 is 5.91 Å². The Morgan fingerprint density at radius 1 is 1.00 bits per heavy atom. The topological polar surface area (TPSA) is 105 Å². The number of hydrogen-bond acceptors (Lipinski definition) is 6. The maximum Gasteiger partial charge on any atom is 0.416 e. The third kappa shape index (κ3) is 7.56. The zero-order chi connectivity index (χ0) is 27.2. The van der Waals surface area contributed by atoms with Gasteiger partial charge in [-0.25, -0.2) is 4.98 Å². The van der Waals surface area contributed by atoms with E-state index >= 15 is 0 Å². The summed E-state index contributed by atoms with van der Waals surface area (Å²) in [4.78, 5) is 21.3. The molecular formula is C28H33F3N6O2. The molecule has 0 radical (unpaired) electrons. The maximum absolute atomic E-state index is 12.9. The lowest BCUT2D eigenvalue weighted by Gasteiger charge is -2.29. The first kappa shape index (κ1) is 27.1. The van der Waals surface area contributed by atoms with Crippen molar-refractivity contribution in [2.75, 3.05) is 0 Å². The van der Waals surface area contributed by atoms with Crippen molar-refractivity contribution in [2.24, 2.45) is 0 Å². The van der Waals surface area contributed by atoms with Gasteiger partial charge in [-0.2, -0.15) is 18.2 Å². The van der Waals surface area contributed by atoms with Crippen LogP contribution in [0.25, 0.3) is 0 Å². The number of carbonyl (C=O) groups excluding carboxylic acids is 1. The van der Waals surface area contributed by atoms with Crippen LogP contribution in [0.15, 0.2) is 42.6 Å². The summed E-state index contributed by atoms with van der Waals surface area (Å²) < 4.78 is 44.6. The van der Waals surface area contributed by atoms with Crippen molar-refractivity contribution in [3.05, 3.63) is 65.2 Å². The van der Waals surface area contributed by atoms with Crippen LogP contribution in [-0.2, 0) is 23.9 Å². The molecule has 39 heavy (non-hydrogen) atoms. The maximum atomic E-state index is 12.9. The van der Waals surface area contributed by atoms with E-state index < -0.39 is 11.7 Å². The van der Waals surface area contributed by atoms with Crippen LogP contribution in [0, 0.1) is 0 Å². The molecule has 0 saturated heterocycles. The number of amides is 1. The number of carbonyl (C=O) groups is 1. The van der Waals surface area contributed by atoms with E-state index in [1.807, 2.05) is 6.07 Å². The second kappa shape index (κ2) is 12.1. The first-order valence-electron chi connectivity index (χ1n) is 13.6. The van der Waals surface area contributed by atoms with Crippen LogP contribution in [0.4, 0.5) is 13.2 Å². The summed E-state index contributed by atoms with van der Waals surface area (Å²) >= 11 is 0. The summed E-state index contributed by atoms with van der Waals surface area (Å²) in [7, 11) is 0. The fraction of sp³-hybridized carbons (Fsp3) is 0.500. The number of rotatable bonds is 9. The van der Waals surface area contributed by atoms with Gasteiger partial charge in [-0.3, -0.25) is 9.89 Å². The Bertz CT molecular complexity index is 1250. The molecule has 0 spiro atoms. The van der Waals surface area contributed by atoms with Crippen LogP contribution in [0.1, 0.15) is 79.9 Å². The molecule has 0 atom stereocenters. The zero-order valence-electron chi connectivity index (χ0n) is 21.6. The number of halogens is 3. The van der Waals surface area contributed by atoms with Crippen molar-refractivity contribution in [1.82, 2.24) is 30.8 Å². The van der Waals surface area contributed by atoms with Crippen LogP contribution in [0.5, 0.6) is 11.8 Å². The van der Waals surface area contributed by atoms with Crippen LogP contribution in [0.3, 0.4) is 0 Å². The smallest absolute Gasteiger partial charge is 0.416 e. The first-order valence-corrected chi connectivity index (χ1v) is 13.6. The highest BCUT2D eigenvalue weighted by molar-refractivity contribution is 5.78. The molecule has 5 rings (SSSR count). The van der Waals surface area contributed by atoms with Gasteiger partial charge in [-0.15, -0.1) is 5.10 Å². The minimum atomic E-state index is -4.42. The molecule has 2 fully saturated rings. The van der Waals surface area contributed by atoms with E-state index in [2.05, 4.69) is 30.8 Å². The molecule has 0 aliphatic heterocycles. The largest absolute Gasteiger partial charge is 0.419 e. The number of aromatic nitrogens is 4. The molecule has 2 aliphatic rings. The third-order valence-electron chi connectivity index (χ3n) is 7.52. The number of nitrogens with zero attached hydrogens (tertiary/aromatic N) is 3. The molecule has 0 bridgehead atoms. The van der Waals surface area contributed by atoms with E-state index in [9.17, 15) is 18.0 Å². The summed E-state index contributed by atoms with van der Waals surface area (Å²) in [6, 6.07) is 8.85. The Hall–Kier alpha value is -3.47. The van der Waals surface area contributed by atoms with E-state index in [1.54, 1.807) is 18.3 Å². The fourth-order valence-electron chi connectivity index (χ4n) is 5.44. The van der Waals surface area contributed by atoms with Crippen LogP contribution in [0.2, 0.25) is 0 Å². The van der Waals surface area contributed by atoms with Gasteiger partial charge in [0.25, 0.3) is 0 Å². The van der Waals surface area contributed by atoms with Gasteiger partial charge in [0.05, 0.1) is 18.5 Å². The monoisotopic (exact) mass is 542 g/mol. The third-order valence-corrected chi connectivity index (χ3v) is 7.52. The van der Waals surface area contributed by atoms with Crippen molar-refractivity contribution in [2.45, 2.75) is 88.5 Å². The highest BCUT2D eigenvalue weighted by Gasteiger charge is 2.30. The summed E-state index contributed by atoms with van der Waals surface area (Å²) in [5.41, 5.74) is 0.724. The molecule has 0 unspecified atom stereocenters. The number of H-pyrrole nitrogens is 1. The van der Waals surface area contributed by atoms with Gasteiger partial charge in [0, 0.05) is 42.0 Å². The fourth-order valence-corrected chi connectivity index (χ4v) is 5.44. The summed E-state index contributed by atoms with van der Waals surface area (Å²) in [5.74, 6) is 1.83. The number of alkyl halides is 3. The van der Waals surface area contributed by atoms with Crippen molar-refractivity contribution < 1.29 is 22.7 Å². The van der Waals surface area contributed by atoms with E-state index in [1.165, 1.54) is 31.7 Å². The van der Waals surface area contributed by atoms with E-state index in [0.717, 1.165) is 43.5 Å². The Morgan fingerprint density at radius 2 is 1.77 bits per heavy atom. The molecular weight excluding hydrogens is 509 g/mol. The predicted molar refractivity (Wildman–Crippen MR) is 138 cm³/mol. The van der Waals surface area contributed by atoms with Crippen LogP contribution in [-0.4, -0.2) is 38.2 Å². The van der Waals surface area contributed by atoms with Gasteiger partial charge in [-0.1, -0.05) is 31.0 Å². The molecule has 2 aromatic heterocycles. The lowest BCUT2D eigenvalue weighted by Crippen LogP contribution is -2.42. The zero-order valence-corrected chi connectivity index (χ0v) is 21.6. The minimum Gasteiger partial charge on any atom is -0.419 e. The predicted octanol–water partition coefficient (Wildman–Crippen LogP) is 5.43. The lowest BCUT2D eigenvalue weighted by atomic mass is 9.91. The van der Waals surface area contributed by atoms with Gasteiger partial charge < -0.3 is 15.4 Å². The summed E-state index contributed by atoms with van der Waals surface area (Å²) in [6.07, 6.45) is 5.34. The Morgan fingerprint density at radius 3 is 2.54 bits per heavy atom. The van der Waals surface area contributed by atoms with Crippen LogP contribution >= 0.6 is 0 Å². The van der Waals surface area contributed by atoms with Crippen LogP contribution < -0.4 is 15.4 Å².